The maximum atomic E-state index is 13.7. The summed E-state index contributed by atoms with van der Waals surface area (Å²) in [5.41, 5.74) is 8.20. The van der Waals surface area contributed by atoms with Crippen molar-refractivity contribution in [1.29, 1.82) is 0 Å². The van der Waals surface area contributed by atoms with E-state index in [0.29, 0.717) is 5.56 Å². The number of anilines is 1. The van der Waals surface area contributed by atoms with E-state index < -0.39 is 16.6 Å². The standard InChI is InChI=1S/C18H12FN9O4/c19-13-4-2-1-3-11(13)9-21-23-18(29)14-15(10-5-7-12(8-6-10)28(30)31)27(26-22-14)17-16(20)24-32-25-17/h1-9H,(H2,20,24)(H,23,29)/b21-9+. The highest BCUT2D eigenvalue weighted by Gasteiger charge is 2.25. The van der Waals surface area contributed by atoms with Crippen molar-refractivity contribution in [2.75, 3.05) is 5.73 Å². The zero-order chi connectivity index (χ0) is 22.7. The van der Waals surface area contributed by atoms with Crippen LogP contribution < -0.4 is 11.2 Å². The number of rotatable bonds is 6. The van der Waals surface area contributed by atoms with Gasteiger partial charge in [-0.1, -0.05) is 23.4 Å². The molecule has 0 aliphatic rings. The van der Waals surface area contributed by atoms with Crippen LogP contribution in [0.2, 0.25) is 0 Å². The summed E-state index contributed by atoms with van der Waals surface area (Å²) in [6.45, 7) is 0. The Balaban J connectivity index is 1.71. The van der Waals surface area contributed by atoms with Gasteiger partial charge in [-0.25, -0.2) is 14.4 Å². The fourth-order valence-corrected chi connectivity index (χ4v) is 2.71. The number of nitrogens with two attached hydrogens (primary N) is 1. The number of halogens is 1. The second-order valence-corrected chi connectivity index (χ2v) is 6.20. The van der Waals surface area contributed by atoms with Crippen LogP contribution >= 0.6 is 0 Å². The van der Waals surface area contributed by atoms with Gasteiger partial charge in [-0.05, 0) is 28.5 Å². The first-order valence-electron chi connectivity index (χ1n) is 8.82. The van der Waals surface area contributed by atoms with Crippen LogP contribution in [-0.2, 0) is 0 Å². The van der Waals surface area contributed by atoms with E-state index in [4.69, 9.17) is 5.73 Å². The molecule has 0 spiro atoms. The largest absolute Gasteiger partial charge is 0.378 e. The minimum Gasteiger partial charge on any atom is -0.378 e. The van der Waals surface area contributed by atoms with Crippen LogP contribution in [0.1, 0.15) is 16.1 Å². The maximum absolute atomic E-state index is 13.7. The second kappa shape index (κ2) is 8.39. The third kappa shape index (κ3) is 3.87. The van der Waals surface area contributed by atoms with E-state index in [0.717, 1.165) is 10.9 Å². The number of non-ortho nitro benzene ring substituents is 1. The van der Waals surface area contributed by atoms with Gasteiger partial charge in [0.1, 0.15) is 11.5 Å². The normalized spacial score (nSPS) is 11.0. The van der Waals surface area contributed by atoms with Crippen LogP contribution in [0.15, 0.2) is 58.3 Å². The number of hydrogen-bond acceptors (Lipinski definition) is 10. The highest BCUT2D eigenvalue weighted by atomic mass is 19.1. The molecule has 2 heterocycles. The average Bonchev–Trinajstić information content (AvgIpc) is 3.41. The number of nitrogens with one attached hydrogen (secondary N) is 1. The molecule has 4 aromatic rings. The summed E-state index contributed by atoms with van der Waals surface area (Å²) < 4.78 is 19.4. The monoisotopic (exact) mass is 437 g/mol. The van der Waals surface area contributed by atoms with Crippen molar-refractivity contribution < 1.29 is 18.7 Å². The molecule has 13 nitrogen and oxygen atoms in total. The zero-order valence-electron chi connectivity index (χ0n) is 15.9. The summed E-state index contributed by atoms with van der Waals surface area (Å²) in [7, 11) is 0. The zero-order valence-corrected chi connectivity index (χ0v) is 15.9. The minimum atomic E-state index is -0.785. The van der Waals surface area contributed by atoms with Crippen molar-refractivity contribution in [2.24, 2.45) is 5.10 Å². The molecule has 0 unspecified atom stereocenters. The average molecular weight is 437 g/mol. The molecule has 0 fully saturated rings. The molecule has 0 saturated carbocycles. The van der Waals surface area contributed by atoms with E-state index >= 15 is 0 Å². The van der Waals surface area contributed by atoms with Gasteiger partial charge in [0, 0.05) is 23.3 Å². The van der Waals surface area contributed by atoms with Gasteiger partial charge in [0.25, 0.3) is 11.6 Å². The van der Waals surface area contributed by atoms with Gasteiger partial charge < -0.3 is 5.73 Å². The number of carbonyl (C=O) groups is 1. The fourth-order valence-electron chi connectivity index (χ4n) is 2.71. The highest BCUT2D eigenvalue weighted by molar-refractivity contribution is 5.98. The van der Waals surface area contributed by atoms with Gasteiger partial charge in [0.05, 0.1) is 11.1 Å². The molecule has 0 aliphatic carbocycles. The van der Waals surface area contributed by atoms with E-state index in [1.54, 1.807) is 6.07 Å². The molecule has 0 radical (unpaired) electrons. The van der Waals surface area contributed by atoms with E-state index in [1.165, 1.54) is 42.5 Å². The van der Waals surface area contributed by atoms with E-state index in [9.17, 15) is 19.3 Å². The Morgan fingerprint density at radius 3 is 2.62 bits per heavy atom. The lowest BCUT2D eigenvalue weighted by molar-refractivity contribution is -0.384. The Labute approximate surface area is 177 Å². The minimum absolute atomic E-state index is 0.0419. The van der Waals surface area contributed by atoms with Crippen LogP contribution in [-0.4, -0.2) is 42.4 Å². The number of nitro benzene ring substituents is 1. The molecule has 2 aromatic carbocycles. The van der Waals surface area contributed by atoms with Crippen LogP contribution in [0.3, 0.4) is 0 Å². The molecule has 4 rings (SSSR count). The van der Waals surface area contributed by atoms with Crippen LogP contribution in [0.5, 0.6) is 0 Å². The smallest absolute Gasteiger partial charge is 0.294 e. The summed E-state index contributed by atoms with van der Waals surface area (Å²) in [5.74, 6) is -1.47. The van der Waals surface area contributed by atoms with E-state index in [-0.39, 0.29) is 34.3 Å². The predicted molar refractivity (Wildman–Crippen MR) is 107 cm³/mol. The van der Waals surface area contributed by atoms with Crippen molar-refractivity contribution >= 4 is 23.6 Å². The number of nitrogens with zero attached hydrogens (tertiary/aromatic N) is 7. The molecule has 0 bridgehead atoms. The van der Waals surface area contributed by atoms with Gasteiger partial charge in [-0.15, -0.1) is 5.10 Å². The molecule has 0 saturated heterocycles. The first-order chi connectivity index (χ1) is 15.5. The molecule has 160 valence electrons. The molecule has 1 amide bonds. The lowest BCUT2D eigenvalue weighted by Gasteiger charge is -2.05. The number of hydrogen-bond donors (Lipinski definition) is 2. The third-order valence-electron chi connectivity index (χ3n) is 4.21. The Hall–Kier alpha value is -5.01. The summed E-state index contributed by atoms with van der Waals surface area (Å²) in [4.78, 5) is 23.1. The van der Waals surface area contributed by atoms with Crippen LogP contribution in [0.4, 0.5) is 15.9 Å². The highest BCUT2D eigenvalue weighted by Crippen LogP contribution is 2.28. The molecule has 0 aliphatic heterocycles. The first kappa shape index (κ1) is 20.3. The quantitative estimate of drug-likeness (QED) is 0.258. The van der Waals surface area contributed by atoms with Crippen molar-refractivity contribution in [2.45, 2.75) is 0 Å². The topological polar surface area (TPSA) is 180 Å². The maximum Gasteiger partial charge on any atom is 0.294 e. The molecular formula is C18H12FN9O4. The SMILES string of the molecule is Nc1nonc1-n1nnc(C(=O)N/N=C/c2ccccc2F)c1-c1ccc([N+](=O)[O-])cc1. The number of nitrogen functional groups attached to an aromatic ring is 1. The first-order valence-corrected chi connectivity index (χ1v) is 8.82. The van der Waals surface area contributed by atoms with Gasteiger partial charge in [-0.2, -0.15) is 9.78 Å². The lowest BCUT2D eigenvalue weighted by atomic mass is 10.1. The van der Waals surface area contributed by atoms with E-state index in [1.807, 2.05) is 0 Å². The summed E-state index contributed by atoms with van der Waals surface area (Å²) in [6.07, 6.45) is 1.13. The van der Waals surface area contributed by atoms with Gasteiger partial charge in [0.15, 0.2) is 5.69 Å². The molecule has 3 N–H and O–H groups in total. The Kier molecular flexibility index (Phi) is 5.31. The van der Waals surface area contributed by atoms with Crippen LogP contribution in [0.25, 0.3) is 17.1 Å². The number of nitro groups is 1. The lowest BCUT2D eigenvalue weighted by Crippen LogP contribution is -2.19. The number of amides is 1. The number of carbonyl (C=O) groups excluding carboxylic acids is 1. The van der Waals surface area contributed by atoms with Crippen molar-refractivity contribution in [3.63, 3.8) is 0 Å². The predicted octanol–water partition coefficient (Wildman–Crippen LogP) is 1.71. The molecule has 14 heteroatoms. The molecule has 2 aromatic heterocycles. The van der Waals surface area contributed by atoms with Crippen LogP contribution in [0, 0.1) is 15.9 Å². The van der Waals surface area contributed by atoms with Gasteiger partial charge in [0.2, 0.25) is 11.6 Å². The number of benzene rings is 2. The second-order valence-electron chi connectivity index (χ2n) is 6.20. The Morgan fingerprint density at radius 2 is 1.97 bits per heavy atom. The number of aromatic nitrogens is 5. The van der Waals surface area contributed by atoms with Crippen molar-refractivity contribution in [1.82, 2.24) is 30.7 Å². The molecular weight excluding hydrogens is 425 g/mol. The third-order valence-corrected chi connectivity index (χ3v) is 4.21. The van der Waals surface area contributed by atoms with Crippen molar-refractivity contribution in [3.05, 3.63) is 75.7 Å². The Morgan fingerprint density at radius 1 is 1.22 bits per heavy atom. The fraction of sp³-hybridized carbons (Fsp3) is 0. The van der Waals surface area contributed by atoms with Crippen molar-refractivity contribution in [3.8, 4) is 17.1 Å². The molecule has 0 atom stereocenters. The summed E-state index contributed by atoms with van der Waals surface area (Å²) in [5, 5.41) is 29.5. The van der Waals surface area contributed by atoms with E-state index in [2.05, 4.69) is 35.8 Å². The molecule has 32 heavy (non-hydrogen) atoms. The number of hydrazone groups is 1. The van der Waals surface area contributed by atoms with Gasteiger partial charge in [-0.3, -0.25) is 14.9 Å². The Bertz CT molecular complexity index is 1330. The summed E-state index contributed by atoms with van der Waals surface area (Å²) >= 11 is 0. The van der Waals surface area contributed by atoms with Gasteiger partial charge >= 0.3 is 0 Å². The summed E-state index contributed by atoms with van der Waals surface area (Å²) in [6, 6.07) is 11.1.